The number of hydrogen-bond acceptors (Lipinski definition) is 3. The molecule has 0 bridgehead atoms. The summed E-state index contributed by atoms with van der Waals surface area (Å²) in [5, 5.41) is 0. The molecule has 0 fully saturated rings. The monoisotopic (exact) mass is 217 g/mol. The van der Waals surface area contributed by atoms with Gasteiger partial charge in [-0.2, -0.15) is 8.42 Å². The van der Waals surface area contributed by atoms with Gasteiger partial charge in [-0.3, -0.25) is 9.10 Å². The Balaban J connectivity index is 3.23. The fourth-order valence-electron chi connectivity index (χ4n) is 1.08. The number of amides is 1. The minimum absolute atomic E-state index is 0.127. The van der Waals surface area contributed by atoms with E-state index < -0.39 is 16.1 Å². The highest BCUT2D eigenvalue weighted by Crippen LogP contribution is 2.15. The van der Waals surface area contributed by atoms with Crippen molar-refractivity contribution in [1.29, 1.82) is 0 Å². The first kappa shape index (κ1) is 10.7. The highest BCUT2D eigenvalue weighted by Gasteiger charge is 2.25. The normalized spacial score (nSPS) is 20.0. The van der Waals surface area contributed by atoms with Gasteiger partial charge in [0.05, 0.1) is 11.3 Å². The van der Waals surface area contributed by atoms with Crippen molar-refractivity contribution in [3.8, 4) is 0 Å². The average Bonchev–Trinajstić information content (AvgIpc) is 2.01. The number of nitrogens with zero attached hydrogens (tertiary/aromatic N) is 2. The van der Waals surface area contributed by atoms with Crippen LogP contribution in [0.5, 0.6) is 0 Å². The van der Waals surface area contributed by atoms with Crippen molar-refractivity contribution in [1.82, 2.24) is 4.31 Å². The molecule has 14 heavy (non-hydrogen) atoms. The van der Waals surface area contributed by atoms with Crippen LogP contribution in [-0.4, -0.2) is 30.9 Å². The molecular formula is C7H11N3O3S. The number of hydrogen-bond donors (Lipinski definition) is 1. The van der Waals surface area contributed by atoms with Crippen LogP contribution in [0.1, 0.15) is 13.8 Å². The van der Waals surface area contributed by atoms with Crippen molar-refractivity contribution in [3.63, 3.8) is 0 Å². The second kappa shape index (κ2) is 3.41. The fraction of sp³-hybridized carbons (Fsp3) is 0.429. The Bertz CT molecular complexity index is 421. The molecule has 6 nitrogen and oxygen atoms in total. The predicted octanol–water partition coefficient (Wildman–Crippen LogP) is -0.603. The zero-order chi connectivity index (χ0) is 10.9. The molecule has 0 saturated heterocycles. The number of carbonyl (C=O) groups excluding carboxylic acids is 1. The van der Waals surface area contributed by atoms with E-state index in [2.05, 4.69) is 4.40 Å². The number of carbonyl (C=O) groups is 1. The van der Waals surface area contributed by atoms with Gasteiger partial charge in [-0.1, -0.05) is 0 Å². The summed E-state index contributed by atoms with van der Waals surface area (Å²) in [5.74, 6) is -0.681. The standard InChI is InChI=1S/C7H11N3O3S/c1-3-10-4-6(7(8)11)5(2)9-14(10,12)13/h4H,3H2,1-2H3,(H2,8,11). The van der Waals surface area contributed by atoms with E-state index in [1.54, 1.807) is 6.92 Å². The molecule has 1 aliphatic rings. The van der Waals surface area contributed by atoms with Crippen molar-refractivity contribution in [2.45, 2.75) is 13.8 Å². The molecule has 0 aromatic heterocycles. The van der Waals surface area contributed by atoms with Crippen LogP contribution in [0.3, 0.4) is 0 Å². The topological polar surface area (TPSA) is 92.8 Å². The Morgan fingerprint density at radius 2 is 2.21 bits per heavy atom. The first-order chi connectivity index (χ1) is 6.38. The van der Waals surface area contributed by atoms with Gasteiger partial charge in [-0.15, -0.1) is 4.40 Å². The van der Waals surface area contributed by atoms with E-state index in [0.29, 0.717) is 0 Å². The smallest absolute Gasteiger partial charge is 0.344 e. The van der Waals surface area contributed by atoms with Gasteiger partial charge in [0.25, 0.3) is 5.91 Å². The molecule has 0 aromatic carbocycles. The van der Waals surface area contributed by atoms with Gasteiger partial charge in [0.2, 0.25) is 0 Å². The van der Waals surface area contributed by atoms with Crippen LogP contribution in [0.25, 0.3) is 0 Å². The van der Waals surface area contributed by atoms with Crippen molar-refractivity contribution in [2.24, 2.45) is 10.1 Å². The molecular weight excluding hydrogens is 206 g/mol. The molecule has 0 atom stereocenters. The lowest BCUT2D eigenvalue weighted by molar-refractivity contribution is -0.114. The summed E-state index contributed by atoms with van der Waals surface area (Å²) in [6, 6.07) is 0. The van der Waals surface area contributed by atoms with E-state index in [0.717, 1.165) is 4.31 Å². The first-order valence-electron chi connectivity index (χ1n) is 3.99. The number of primary amides is 1. The Hall–Kier alpha value is -1.37. The van der Waals surface area contributed by atoms with E-state index in [4.69, 9.17) is 5.73 Å². The third kappa shape index (κ3) is 1.77. The molecule has 0 aliphatic carbocycles. The Morgan fingerprint density at radius 3 is 2.64 bits per heavy atom. The minimum Gasteiger partial charge on any atom is -0.365 e. The SMILES string of the molecule is CCN1C=C(C(N)=O)C(C)=NS1(=O)=O. The summed E-state index contributed by atoms with van der Waals surface area (Å²) in [6.07, 6.45) is 1.21. The van der Waals surface area contributed by atoms with Crippen molar-refractivity contribution in [2.75, 3.05) is 6.54 Å². The van der Waals surface area contributed by atoms with Crippen LogP contribution >= 0.6 is 0 Å². The molecule has 0 saturated carbocycles. The lowest BCUT2D eigenvalue weighted by Crippen LogP contribution is -2.33. The summed E-state index contributed by atoms with van der Waals surface area (Å²) in [6.45, 7) is 3.29. The highest BCUT2D eigenvalue weighted by atomic mass is 32.2. The Labute approximate surface area is 82.3 Å². The molecule has 0 radical (unpaired) electrons. The van der Waals surface area contributed by atoms with Gasteiger partial charge in [0.1, 0.15) is 0 Å². The lowest BCUT2D eigenvalue weighted by Gasteiger charge is -2.21. The van der Waals surface area contributed by atoms with Gasteiger partial charge < -0.3 is 5.73 Å². The maximum atomic E-state index is 11.3. The molecule has 0 spiro atoms. The summed E-state index contributed by atoms with van der Waals surface area (Å²) in [7, 11) is -3.65. The van der Waals surface area contributed by atoms with E-state index in [1.807, 2.05) is 0 Å². The lowest BCUT2D eigenvalue weighted by atomic mass is 10.2. The van der Waals surface area contributed by atoms with Gasteiger partial charge in [0.15, 0.2) is 0 Å². The predicted molar refractivity (Wildman–Crippen MR) is 51.7 cm³/mol. The zero-order valence-electron chi connectivity index (χ0n) is 7.89. The molecule has 1 amide bonds. The molecule has 1 aliphatic heterocycles. The van der Waals surface area contributed by atoms with Crippen molar-refractivity contribution >= 4 is 21.8 Å². The number of nitrogens with two attached hydrogens (primary N) is 1. The Morgan fingerprint density at radius 1 is 1.64 bits per heavy atom. The van der Waals surface area contributed by atoms with E-state index in [1.165, 1.54) is 13.1 Å². The van der Waals surface area contributed by atoms with Crippen LogP contribution in [-0.2, 0) is 15.0 Å². The maximum absolute atomic E-state index is 11.3. The van der Waals surface area contributed by atoms with E-state index >= 15 is 0 Å². The summed E-state index contributed by atoms with van der Waals surface area (Å²) >= 11 is 0. The highest BCUT2D eigenvalue weighted by molar-refractivity contribution is 7.88. The second-order valence-electron chi connectivity index (χ2n) is 2.76. The fourth-order valence-corrected chi connectivity index (χ4v) is 2.19. The third-order valence-corrected chi connectivity index (χ3v) is 3.25. The van der Waals surface area contributed by atoms with Crippen molar-refractivity contribution in [3.05, 3.63) is 11.8 Å². The van der Waals surface area contributed by atoms with Crippen LogP contribution in [0.2, 0.25) is 0 Å². The molecule has 1 rings (SSSR count). The van der Waals surface area contributed by atoms with Gasteiger partial charge in [-0.05, 0) is 13.8 Å². The molecule has 0 aromatic rings. The van der Waals surface area contributed by atoms with Crippen LogP contribution in [0.4, 0.5) is 0 Å². The quantitative estimate of drug-likeness (QED) is 0.669. The summed E-state index contributed by atoms with van der Waals surface area (Å²) in [4.78, 5) is 10.9. The second-order valence-corrected chi connectivity index (χ2v) is 4.31. The van der Waals surface area contributed by atoms with Crippen LogP contribution in [0, 0.1) is 0 Å². The first-order valence-corrected chi connectivity index (χ1v) is 5.38. The van der Waals surface area contributed by atoms with Crippen molar-refractivity contribution < 1.29 is 13.2 Å². The van der Waals surface area contributed by atoms with E-state index in [-0.39, 0.29) is 17.8 Å². The Kier molecular flexibility index (Phi) is 2.61. The van der Waals surface area contributed by atoms with E-state index in [9.17, 15) is 13.2 Å². The molecule has 78 valence electrons. The van der Waals surface area contributed by atoms with Gasteiger partial charge >= 0.3 is 10.2 Å². The zero-order valence-corrected chi connectivity index (χ0v) is 8.71. The molecule has 0 unspecified atom stereocenters. The van der Waals surface area contributed by atoms with Crippen LogP contribution < -0.4 is 5.73 Å². The van der Waals surface area contributed by atoms with Gasteiger partial charge in [-0.25, -0.2) is 0 Å². The maximum Gasteiger partial charge on any atom is 0.344 e. The van der Waals surface area contributed by atoms with Crippen LogP contribution in [0.15, 0.2) is 16.2 Å². The average molecular weight is 217 g/mol. The third-order valence-electron chi connectivity index (χ3n) is 1.79. The van der Waals surface area contributed by atoms with Gasteiger partial charge in [0, 0.05) is 12.7 Å². The summed E-state index contributed by atoms with van der Waals surface area (Å²) < 4.78 is 27.1. The number of rotatable bonds is 2. The molecule has 1 heterocycles. The minimum atomic E-state index is -3.65. The molecule has 7 heteroatoms. The molecule has 2 N–H and O–H groups in total. The summed E-state index contributed by atoms with van der Waals surface area (Å²) in [5.41, 5.74) is 5.31. The largest absolute Gasteiger partial charge is 0.365 e.